The maximum absolute atomic E-state index is 14.2. The van der Waals surface area contributed by atoms with Gasteiger partial charge >= 0.3 is 0 Å². The van der Waals surface area contributed by atoms with Gasteiger partial charge in [0.05, 0.1) is 29.1 Å². The molecule has 0 radical (unpaired) electrons. The summed E-state index contributed by atoms with van der Waals surface area (Å²) in [6, 6.07) is 8.81. The van der Waals surface area contributed by atoms with Gasteiger partial charge in [0.25, 0.3) is 5.91 Å². The van der Waals surface area contributed by atoms with Crippen molar-refractivity contribution in [2.24, 2.45) is 5.73 Å². The summed E-state index contributed by atoms with van der Waals surface area (Å²) in [6.07, 6.45) is 0.995. The number of para-hydroxylation sites is 1. The van der Waals surface area contributed by atoms with E-state index in [1.54, 1.807) is 32.0 Å². The fourth-order valence-corrected chi connectivity index (χ4v) is 4.14. The number of aromatic nitrogens is 3. The van der Waals surface area contributed by atoms with Crippen LogP contribution in [0.3, 0.4) is 0 Å². The topological polar surface area (TPSA) is 115 Å². The summed E-state index contributed by atoms with van der Waals surface area (Å²) in [5.74, 6) is -1.32. The number of aliphatic hydroxyl groups excluding tert-OH is 1. The summed E-state index contributed by atoms with van der Waals surface area (Å²) in [5, 5.41) is 17.1. The molecule has 4 rings (SSSR count). The molecule has 1 unspecified atom stereocenters. The summed E-state index contributed by atoms with van der Waals surface area (Å²) in [5.41, 5.74) is 7.99. The van der Waals surface area contributed by atoms with Gasteiger partial charge in [0.2, 0.25) is 0 Å². The van der Waals surface area contributed by atoms with Crippen LogP contribution in [0.5, 0.6) is 5.75 Å². The number of amides is 1. The van der Waals surface area contributed by atoms with Crippen molar-refractivity contribution in [3.05, 3.63) is 82.3 Å². The molecule has 2 atom stereocenters. The number of nitrogens with one attached hydrogen (secondary N) is 1. The zero-order chi connectivity index (χ0) is 26.0. The molecule has 0 spiro atoms. The van der Waals surface area contributed by atoms with E-state index in [1.165, 1.54) is 16.9 Å². The highest BCUT2D eigenvalue weighted by atomic mass is 35.5. The fraction of sp³-hybridized carbons (Fsp3) is 0.240. The Morgan fingerprint density at radius 1 is 1.28 bits per heavy atom. The van der Waals surface area contributed by atoms with Crippen molar-refractivity contribution >= 4 is 28.4 Å². The number of hydrogen-bond acceptors (Lipinski definition) is 6. The molecule has 4 N–H and O–H groups in total. The van der Waals surface area contributed by atoms with E-state index in [9.17, 15) is 18.7 Å². The van der Waals surface area contributed by atoms with E-state index in [1.807, 2.05) is 6.07 Å². The van der Waals surface area contributed by atoms with Gasteiger partial charge in [-0.15, -0.1) is 0 Å². The van der Waals surface area contributed by atoms with Gasteiger partial charge in [-0.3, -0.25) is 4.79 Å². The van der Waals surface area contributed by atoms with E-state index in [0.29, 0.717) is 39.2 Å². The van der Waals surface area contributed by atoms with Crippen LogP contribution in [0.2, 0.25) is 5.02 Å². The van der Waals surface area contributed by atoms with Crippen LogP contribution in [0.4, 0.5) is 8.78 Å². The number of ether oxygens (including phenoxy) is 1. The van der Waals surface area contributed by atoms with Gasteiger partial charge in [0, 0.05) is 23.2 Å². The molecule has 0 aliphatic carbocycles. The lowest BCUT2D eigenvalue weighted by atomic mass is 10.0. The third-order valence-electron chi connectivity index (χ3n) is 5.62. The number of hydrogen-bond donors (Lipinski definition) is 3. The minimum atomic E-state index is -1.39. The average Bonchev–Trinajstić information content (AvgIpc) is 3.28. The monoisotopic (exact) mass is 515 g/mol. The second kappa shape index (κ2) is 10.6. The third-order valence-corrected chi connectivity index (χ3v) is 5.96. The molecule has 2 aromatic carbocycles. The van der Waals surface area contributed by atoms with Crippen LogP contribution < -0.4 is 15.8 Å². The summed E-state index contributed by atoms with van der Waals surface area (Å²) in [6.45, 7) is 3.12. The smallest absolute Gasteiger partial charge is 0.250 e. The first-order chi connectivity index (χ1) is 17.2. The van der Waals surface area contributed by atoms with E-state index in [0.717, 1.165) is 12.3 Å². The van der Waals surface area contributed by atoms with Crippen LogP contribution in [0.1, 0.15) is 29.8 Å². The number of aryl methyl sites for hydroxylation is 1. The average molecular weight is 516 g/mol. The Labute approximate surface area is 210 Å². The molecule has 2 heterocycles. The lowest BCUT2D eigenvalue weighted by molar-refractivity contribution is -0.129. The van der Waals surface area contributed by atoms with E-state index >= 15 is 0 Å². The molecule has 0 aliphatic heterocycles. The molecule has 0 saturated carbocycles. The summed E-state index contributed by atoms with van der Waals surface area (Å²) < 4.78 is 35.3. The minimum Gasteiger partial charge on any atom is -0.487 e. The summed E-state index contributed by atoms with van der Waals surface area (Å²) in [7, 11) is 0. The van der Waals surface area contributed by atoms with Gasteiger partial charge in [-0.05, 0) is 43.7 Å². The molecule has 36 heavy (non-hydrogen) atoms. The van der Waals surface area contributed by atoms with E-state index in [4.69, 9.17) is 22.1 Å². The molecule has 0 saturated heterocycles. The van der Waals surface area contributed by atoms with Crippen LogP contribution in [0.25, 0.3) is 16.6 Å². The molecule has 188 valence electrons. The molecule has 1 amide bonds. The number of benzene rings is 2. The quantitative estimate of drug-likeness (QED) is 0.329. The van der Waals surface area contributed by atoms with Crippen molar-refractivity contribution in [1.82, 2.24) is 20.1 Å². The second-order valence-corrected chi connectivity index (χ2v) is 8.67. The maximum Gasteiger partial charge on any atom is 0.250 e. The van der Waals surface area contributed by atoms with Crippen LogP contribution in [0.15, 0.2) is 48.8 Å². The molecule has 0 bridgehead atoms. The number of nitrogens with zero attached hydrogens (tertiary/aromatic N) is 3. The van der Waals surface area contributed by atoms with Crippen LogP contribution in [-0.4, -0.2) is 38.4 Å². The molecule has 2 aromatic heterocycles. The van der Waals surface area contributed by atoms with Crippen molar-refractivity contribution in [2.75, 3.05) is 6.54 Å². The van der Waals surface area contributed by atoms with Gasteiger partial charge in [-0.1, -0.05) is 23.7 Å². The zero-order valence-electron chi connectivity index (χ0n) is 19.5. The first kappa shape index (κ1) is 25.5. The van der Waals surface area contributed by atoms with Gasteiger partial charge in [0.1, 0.15) is 29.8 Å². The number of halogens is 3. The lowest BCUT2D eigenvalue weighted by Crippen LogP contribution is -2.40. The Balaban J connectivity index is 1.68. The lowest BCUT2D eigenvalue weighted by Gasteiger charge is -2.21. The molecular formula is C25H24ClF2N5O3. The minimum absolute atomic E-state index is 0.0609. The van der Waals surface area contributed by atoms with Crippen molar-refractivity contribution < 1.29 is 23.4 Å². The molecule has 8 nitrogen and oxygen atoms in total. The number of carbonyl (C=O) groups excluding carboxylic acids is 1. The van der Waals surface area contributed by atoms with Crippen LogP contribution >= 0.6 is 11.6 Å². The van der Waals surface area contributed by atoms with E-state index in [-0.39, 0.29) is 18.2 Å². The first-order valence-corrected chi connectivity index (χ1v) is 11.5. The van der Waals surface area contributed by atoms with Crippen LogP contribution in [-0.2, 0) is 11.4 Å². The summed E-state index contributed by atoms with van der Waals surface area (Å²) in [4.78, 5) is 16.7. The van der Waals surface area contributed by atoms with Crippen LogP contribution in [0, 0.1) is 18.6 Å². The van der Waals surface area contributed by atoms with E-state index < -0.39 is 29.7 Å². The molecule has 4 aromatic rings. The third kappa shape index (κ3) is 5.30. The highest BCUT2D eigenvalue weighted by Gasteiger charge is 2.21. The predicted molar refractivity (Wildman–Crippen MR) is 131 cm³/mol. The van der Waals surface area contributed by atoms with Crippen molar-refractivity contribution in [1.29, 1.82) is 0 Å². The number of carbonyl (C=O) groups is 1. The second-order valence-electron chi connectivity index (χ2n) is 8.26. The van der Waals surface area contributed by atoms with Gasteiger partial charge in [-0.2, -0.15) is 5.10 Å². The number of nitrogens with two attached hydrogens (primary N) is 1. The normalized spacial score (nSPS) is 13.0. The largest absolute Gasteiger partial charge is 0.487 e. The molecular weight excluding hydrogens is 492 g/mol. The fourth-order valence-electron chi connectivity index (χ4n) is 3.87. The van der Waals surface area contributed by atoms with Crippen molar-refractivity contribution in [2.45, 2.75) is 32.6 Å². The molecule has 11 heteroatoms. The SMILES string of the molecule is Cc1cc(-n2cc(F)cn2)c2cccc(OCc3c(Cl)cc(F)cc3[C@H](C)NC(=O)C(O)CN)c2n1. The standard InChI is InChI=1S/C25H24ClF2N5O3/c1-13-6-21(33-11-16(28)10-30-33)17-4-3-5-23(24(17)31-13)36-12-19-18(7-15(27)8-20(19)26)14(2)32-25(35)22(34)9-29/h3-8,10-11,14,22,34H,9,12,29H2,1-2H3,(H,32,35)/t14-,22?/m0/s1. The van der Waals surface area contributed by atoms with Gasteiger partial charge in [0.15, 0.2) is 5.82 Å². The Morgan fingerprint density at radius 2 is 2.06 bits per heavy atom. The first-order valence-electron chi connectivity index (χ1n) is 11.1. The predicted octanol–water partition coefficient (Wildman–Crippen LogP) is 3.74. The molecule has 0 fully saturated rings. The summed E-state index contributed by atoms with van der Waals surface area (Å²) >= 11 is 6.36. The number of fused-ring (bicyclic) bond motifs is 1. The van der Waals surface area contributed by atoms with E-state index in [2.05, 4.69) is 15.4 Å². The number of aliphatic hydroxyl groups is 1. The number of rotatable bonds is 8. The van der Waals surface area contributed by atoms with Crippen molar-refractivity contribution in [3.8, 4) is 11.4 Å². The van der Waals surface area contributed by atoms with Gasteiger partial charge in [-0.25, -0.2) is 18.4 Å². The zero-order valence-corrected chi connectivity index (χ0v) is 20.3. The maximum atomic E-state index is 14.2. The number of pyridine rings is 1. The van der Waals surface area contributed by atoms with Crippen molar-refractivity contribution in [3.63, 3.8) is 0 Å². The van der Waals surface area contributed by atoms with Gasteiger partial charge < -0.3 is 20.9 Å². The molecule has 0 aliphatic rings. The highest BCUT2D eigenvalue weighted by molar-refractivity contribution is 6.31. The Kier molecular flexibility index (Phi) is 7.48. The Morgan fingerprint density at radius 3 is 2.75 bits per heavy atom. The Hall–Kier alpha value is -3.60. The highest BCUT2D eigenvalue weighted by Crippen LogP contribution is 2.32. The Bertz CT molecular complexity index is 1430.